The second kappa shape index (κ2) is 6.43. The van der Waals surface area contributed by atoms with E-state index in [1.54, 1.807) is 0 Å². The van der Waals surface area contributed by atoms with Crippen LogP contribution in [0.25, 0.3) is 0 Å². The van der Waals surface area contributed by atoms with Crippen LogP contribution in [0.15, 0.2) is 22.8 Å². The SMILES string of the molecule is CC(CO)CSCc1ccc(Br)cn1. The maximum atomic E-state index is 8.83. The van der Waals surface area contributed by atoms with Crippen molar-refractivity contribution >= 4 is 27.7 Å². The van der Waals surface area contributed by atoms with E-state index in [1.807, 2.05) is 37.0 Å². The Morgan fingerprint density at radius 2 is 2.36 bits per heavy atom. The number of hydrogen-bond acceptors (Lipinski definition) is 3. The van der Waals surface area contributed by atoms with Crippen molar-refractivity contribution in [2.24, 2.45) is 5.92 Å². The second-order valence-electron chi connectivity index (χ2n) is 3.27. The van der Waals surface area contributed by atoms with E-state index in [0.29, 0.717) is 5.92 Å². The summed E-state index contributed by atoms with van der Waals surface area (Å²) in [4.78, 5) is 4.27. The highest BCUT2D eigenvalue weighted by atomic mass is 79.9. The van der Waals surface area contributed by atoms with Gasteiger partial charge in [0.1, 0.15) is 0 Å². The second-order valence-corrected chi connectivity index (χ2v) is 5.22. The molecule has 0 aliphatic rings. The first-order valence-electron chi connectivity index (χ1n) is 4.51. The summed E-state index contributed by atoms with van der Waals surface area (Å²) in [5, 5.41) is 8.83. The minimum atomic E-state index is 0.265. The summed E-state index contributed by atoms with van der Waals surface area (Å²) in [5.41, 5.74) is 1.09. The molecule has 2 nitrogen and oxygen atoms in total. The highest BCUT2D eigenvalue weighted by Crippen LogP contribution is 2.15. The Morgan fingerprint density at radius 1 is 1.57 bits per heavy atom. The van der Waals surface area contributed by atoms with Crippen molar-refractivity contribution in [2.45, 2.75) is 12.7 Å². The van der Waals surface area contributed by atoms with Gasteiger partial charge in [0.25, 0.3) is 0 Å². The number of nitrogens with zero attached hydrogens (tertiary/aromatic N) is 1. The van der Waals surface area contributed by atoms with Gasteiger partial charge in [-0.05, 0) is 39.7 Å². The first-order valence-corrected chi connectivity index (χ1v) is 6.46. The van der Waals surface area contributed by atoms with Gasteiger partial charge in [-0.15, -0.1) is 0 Å². The minimum Gasteiger partial charge on any atom is -0.396 e. The van der Waals surface area contributed by atoms with Gasteiger partial charge in [0.05, 0.1) is 5.69 Å². The molecule has 1 aromatic heterocycles. The summed E-state index contributed by atoms with van der Waals surface area (Å²) in [5.74, 6) is 2.27. The standard InChI is InChI=1S/C10H14BrNOS/c1-8(5-13)6-14-7-10-3-2-9(11)4-12-10/h2-4,8,13H,5-7H2,1H3. The van der Waals surface area contributed by atoms with Crippen molar-refractivity contribution in [1.29, 1.82) is 0 Å². The molecular formula is C10H14BrNOS. The zero-order valence-corrected chi connectivity index (χ0v) is 10.5. The minimum absolute atomic E-state index is 0.265. The predicted octanol–water partition coefficient (Wildman–Crippen LogP) is 2.71. The number of aliphatic hydroxyl groups excluding tert-OH is 1. The van der Waals surface area contributed by atoms with Crippen molar-refractivity contribution in [3.8, 4) is 0 Å². The number of pyridine rings is 1. The van der Waals surface area contributed by atoms with E-state index in [4.69, 9.17) is 5.11 Å². The van der Waals surface area contributed by atoms with E-state index in [9.17, 15) is 0 Å². The average Bonchev–Trinajstić information content (AvgIpc) is 2.21. The normalized spacial score (nSPS) is 12.8. The van der Waals surface area contributed by atoms with Crippen LogP contribution in [-0.4, -0.2) is 22.5 Å². The van der Waals surface area contributed by atoms with E-state index < -0.39 is 0 Å². The van der Waals surface area contributed by atoms with Gasteiger partial charge in [-0.3, -0.25) is 4.98 Å². The van der Waals surface area contributed by atoms with Crippen molar-refractivity contribution in [3.63, 3.8) is 0 Å². The summed E-state index contributed by atoms with van der Waals surface area (Å²) >= 11 is 5.15. The topological polar surface area (TPSA) is 33.1 Å². The summed E-state index contributed by atoms with van der Waals surface area (Å²) in [7, 11) is 0. The van der Waals surface area contributed by atoms with Crippen LogP contribution >= 0.6 is 27.7 Å². The molecule has 0 fully saturated rings. The third kappa shape index (κ3) is 4.44. The molecule has 0 saturated carbocycles. The molecule has 14 heavy (non-hydrogen) atoms. The molecule has 1 heterocycles. The summed E-state index contributed by atoms with van der Waals surface area (Å²) in [6, 6.07) is 4.01. The molecule has 0 saturated heterocycles. The van der Waals surface area contributed by atoms with Gasteiger partial charge in [0.15, 0.2) is 0 Å². The molecule has 0 radical (unpaired) electrons. The lowest BCUT2D eigenvalue weighted by Gasteiger charge is -2.06. The fourth-order valence-electron chi connectivity index (χ4n) is 0.909. The molecule has 0 aliphatic carbocycles. The average molecular weight is 276 g/mol. The quantitative estimate of drug-likeness (QED) is 0.897. The van der Waals surface area contributed by atoms with Gasteiger partial charge >= 0.3 is 0 Å². The lowest BCUT2D eigenvalue weighted by molar-refractivity contribution is 0.250. The third-order valence-corrected chi connectivity index (χ3v) is 3.53. The number of aliphatic hydroxyl groups is 1. The van der Waals surface area contributed by atoms with Gasteiger partial charge in [-0.1, -0.05) is 6.92 Å². The third-order valence-electron chi connectivity index (χ3n) is 1.75. The molecule has 1 N–H and O–H groups in total. The molecule has 0 aromatic carbocycles. The number of aromatic nitrogens is 1. The first kappa shape index (κ1) is 12.0. The van der Waals surface area contributed by atoms with Crippen LogP contribution in [0.3, 0.4) is 0 Å². The van der Waals surface area contributed by atoms with Crippen molar-refractivity contribution in [3.05, 3.63) is 28.5 Å². The highest BCUT2D eigenvalue weighted by molar-refractivity contribution is 9.10. The van der Waals surface area contributed by atoms with Gasteiger partial charge in [-0.2, -0.15) is 11.8 Å². The van der Waals surface area contributed by atoms with Gasteiger partial charge < -0.3 is 5.11 Å². The molecule has 0 aliphatic heterocycles. The van der Waals surface area contributed by atoms with Crippen molar-refractivity contribution in [1.82, 2.24) is 4.98 Å². The summed E-state index contributed by atoms with van der Waals surface area (Å²) in [6.07, 6.45) is 1.81. The molecule has 0 bridgehead atoms. The maximum Gasteiger partial charge on any atom is 0.0503 e. The van der Waals surface area contributed by atoms with E-state index in [1.165, 1.54) is 0 Å². The van der Waals surface area contributed by atoms with Crippen LogP contribution in [0.1, 0.15) is 12.6 Å². The molecule has 0 amide bonds. The molecule has 78 valence electrons. The Hall–Kier alpha value is -0.0600. The van der Waals surface area contributed by atoms with Crippen LogP contribution in [0.2, 0.25) is 0 Å². The Kier molecular flexibility index (Phi) is 5.52. The van der Waals surface area contributed by atoms with E-state index in [0.717, 1.165) is 21.7 Å². The smallest absolute Gasteiger partial charge is 0.0503 e. The van der Waals surface area contributed by atoms with Crippen molar-refractivity contribution < 1.29 is 5.11 Å². The van der Waals surface area contributed by atoms with Gasteiger partial charge in [-0.25, -0.2) is 0 Å². The zero-order valence-electron chi connectivity index (χ0n) is 8.11. The number of thioether (sulfide) groups is 1. The maximum absolute atomic E-state index is 8.83. The number of rotatable bonds is 5. The molecule has 1 rings (SSSR count). The lowest BCUT2D eigenvalue weighted by atomic mass is 10.2. The van der Waals surface area contributed by atoms with E-state index >= 15 is 0 Å². The number of hydrogen-bond donors (Lipinski definition) is 1. The molecule has 4 heteroatoms. The van der Waals surface area contributed by atoms with Crippen molar-refractivity contribution in [2.75, 3.05) is 12.4 Å². The molecule has 1 aromatic rings. The van der Waals surface area contributed by atoms with Crippen LogP contribution in [-0.2, 0) is 5.75 Å². The summed E-state index contributed by atoms with van der Waals surface area (Å²) < 4.78 is 1.01. The van der Waals surface area contributed by atoms with Crippen LogP contribution in [0, 0.1) is 5.92 Å². The van der Waals surface area contributed by atoms with Crippen LogP contribution < -0.4 is 0 Å². The Morgan fingerprint density at radius 3 is 2.93 bits per heavy atom. The Balaban J connectivity index is 2.28. The largest absolute Gasteiger partial charge is 0.396 e. The van der Waals surface area contributed by atoms with Crippen LogP contribution in [0.4, 0.5) is 0 Å². The van der Waals surface area contributed by atoms with Crippen LogP contribution in [0.5, 0.6) is 0 Å². The highest BCUT2D eigenvalue weighted by Gasteiger charge is 2.00. The van der Waals surface area contributed by atoms with Gasteiger partial charge in [0, 0.05) is 23.0 Å². The Bertz CT molecular complexity index is 265. The number of halogens is 1. The first-order chi connectivity index (χ1) is 6.72. The fraction of sp³-hybridized carbons (Fsp3) is 0.500. The molecule has 1 atom stereocenters. The Labute approximate surface area is 97.3 Å². The molecular weight excluding hydrogens is 262 g/mol. The van der Waals surface area contributed by atoms with E-state index in [-0.39, 0.29) is 6.61 Å². The summed E-state index contributed by atoms with van der Waals surface area (Å²) in [6.45, 7) is 2.31. The van der Waals surface area contributed by atoms with E-state index in [2.05, 4.69) is 20.9 Å². The molecule has 0 spiro atoms. The fourth-order valence-corrected chi connectivity index (χ4v) is 2.15. The monoisotopic (exact) mass is 275 g/mol. The predicted molar refractivity (Wildman–Crippen MR) is 64.3 cm³/mol. The molecule has 1 unspecified atom stereocenters. The van der Waals surface area contributed by atoms with Gasteiger partial charge in [0.2, 0.25) is 0 Å². The lowest BCUT2D eigenvalue weighted by Crippen LogP contribution is -2.03. The zero-order chi connectivity index (χ0) is 10.4.